The summed E-state index contributed by atoms with van der Waals surface area (Å²) in [4.78, 5) is 0. The van der Waals surface area contributed by atoms with Gasteiger partial charge in [0.2, 0.25) is 0 Å². The Balaban J connectivity index is 1.92. The first kappa shape index (κ1) is 25.6. The molecule has 0 saturated carbocycles. The molecule has 178 valence electrons. The lowest BCUT2D eigenvalue weighted by molar-refractivity contribution is -0.152. The van der Waals surface area contributed by atoms with Gasteiger partial charge >= 0.3 is 0 Å². The number of hydrogen-bond donors (Lipinski definition) is 1. The third-order valence-electron chi connectivity index (χ3n) is 6.18. The minimum atomic E-state index is -2.73. The summed E-state index contributed by atoms with van der Waals surface area (Å²) < 4.78 is 24.4. The van der Waals surface area contributed by atoms with E-state index >= 15 is 0 Å². The molecule has 0 unspecified atom stereocenters. The number of hydrogen-bond acceptors (Lipinski definition) is 5. The van der Waals surface area contributed by atoms with Crippen molar-refractivity contribution in [3.05, 3.63) is 60.7 Å². The van der Waals surface area contributed by atoms with Crippen LogP contribution in [0.2, 0.25) is 5.04 Å². The van der Waals surface area contributed by atoms with Crippen molar-refractivity contribution in [2.45, 2.75) is 63.3 Å². The van der Waals surface area contributed by atoms with E-state index in [0.29, 0.717) is 13.0 Å². The first-order valence-electron chi connectivity index (χ1n) is 11.5. The lowest BCUT2D eigenvalue weighted by atomic mass is 10.1. The number of benzene rings is 2. The van der Waals surface area contributed by atoms with Gasteiger partial charge in [-0.1, -0.05) is 81.4 Å². The van der Waals surface area contributed by atoms with Crippen LogP contribution in [0, 0.1) is 12.3 Å². The quantitative estimate of drug-likeness (QED) is 0.330. The van der Waals surface area contributed by atoms with Gasteiger partial charge in [-0.25, -0.2) is 0 Å². The maximum Gasteiger partial charge on any atom is 0.261 e. The molecular weight excluding hydrogens is 432 g/mol. The fourth-order valence-corrected chi connectivity index (χ4v) is 9.17. The summed E-state index contributed by atoms with van der Waals surface area (Å²) in [5.41, 5.74) is 0. The van der Waals surface area contributed by atoms with E-state index in [2.05, 4.69) is 75.2 Å². The molecule has 0 amide bonds. The molecule has 0 aliphatic carbocycles. The van der Waals surface area contributed by atoms with E-state index in [-0.39, 0.29) is 11.6 Å². The molecule has 6 heteroatoms. The summed E-state index contributed by atoms with van der Waals surface area (Å²) in [7, 11) is -1.21. The predicted molar refractivity (Wildman–Crippen MR) is 133 cm³/mol. The molecule has 0 aromatic heterocycles. The van der Waals surface area contributed by atoms with Crippen LogP contribution in [0.5, 0.6) is 0 Å². The molecule has 1 aliphatic rings. The second kappa shape index (κ2) is 11.4. The van der Waals surface area contributed by atoms with Crippen LogP contribution in [0.1, 0.15) is 33.6 Å². The number of unbranched alkanes of at least 4 members (excludes halogenated alkanes) is 1. The molecule has 0 spiro atoms. The largest absolute Gasteiger partial charge is 0.405 e. The van der Waals surface area contributed by atoms with Gasteiger partial charge in [0.15, 0.2) is 6.29 Å². The van der Waals surface area contributed by atoms with Crippen molar-refractivity contribution in [2.24, 2.45) is 0 Å². The predicted octanol–water partition coefficient (Wildman–Crippen LogP) is 3.09. The molecule has 1 aliphatic heterocycles. The Morgan fingerprint density at radius 3 is 2.09 bits per heavy atom. The Kier molecular flexibility index (Phi) is 8.88. The van der Waals surface area contributed by atoms with E-state index < -0.39 is 32.9 Å². The third kappa shape index (κ3) is 5.57. The molecular formula is C27H36O5Si. The maximum atomic E-state index is 10.7. The number of aliphatic hydroxyl groups excluding tert-OH is 1. The van der Waals surface area contributed by atoms with Crippen molar-refractivity contribution in [1.29, 1.82) is 0 Å². The van der Waals surface area contributed by atoms with E-state index in [1.54, 1.807) is 0 Å². The second-order valence-corrected chi connectivity index (χ2v) is 13.7. The standard InChI is InChI=1S/C27H36O5Si/c1-6-7-14-19-30-25-23(32-26(29-5)24(25)28)20-31-33(27(2,3)4,21-15-10-8-11-16-21)22-17-12-9-13-18-22/h1,8-13,15-18,23-26,28H,7,14,19-20H2,2-5H3/t23-,24-,25-,26-/m1/s1. The van der Waals surface area contributed by atoms with Crippen molar-refractivity contribution < 1.29 is 23.7 Å². The number of rotatable bonds is 10. The Labute approximate surface area is 199 Å². The molecule has 2 aromatic rings. The van der Waals surface area contributed by atoms with Crippen molar-refractivity contribution in [1.82, 2.24) is 0 Å². The molecule has 33 heavy (non-hydrogen) atoms. The Morgan fingerprint density at radius 1 is 1.03 bits per heavy atom. The van der Waals surface area contributed by atoms with Gasteiger partial charge in [0.05, 0.1) is 6.61 Å². The van der Waals surface area contributed by atoms with Gasteiger partial charge in [0.25, 0.3) is 8.32 Å². The van der Waals surface area contributed by atoms with Crippen LogP contribution < -0.4 is 10.4 Å². The molecule has 4 atom stereocenters. The van der Waals surface area contributed by atoms with E-state index in [4.69, 9.17) is 25.1 Å². The highest BCUT2D eigenvalue weighted by molar-refractivity contribution is 6.99. The highest BCUT2D eigenvalue weighted by Crippen LogP contribution is 2.37. The van der Waals surface area contributed by atoms with Crippen LogP contribution in [-0.4, -0.2) is 58.3 Å². The lowest BCUT2D eigenvalue weighted by Crippen LogP contribution is -2.67. The van der Waals surface area contributed by atoms with Gasteiger partial charge < -0.3 is 23.7 Å². The highest BCUT2D eigenvalue weighted by Gasteiger charge is 2.52. The fraction of sp³-hybridized carbons (Fsp3) is 0.481. The fourth-order valence-electron chi connectivity index (χ4n) is 4.60. The molecule has 0 bridgehead atoms. The smallest absolute Gasteiger partial charge is 0.261 e. The average Bonchev–Trinajstić information content (AvgIpc) is 3.12. The SMILES string of the molecule is C#CCCCO[C@H]1[C@@H](O)[C@H](OC)O[C@@H]1CO[Si](c1ccccc1)(c1ccccc1)C(C)(C)C. The number of ether oxygens (including phenoxy) is 3. The number of methoxy groups -OCH3 is 1. The number of terminal acetylenes is 1. The summed E-state index contributed by atoms with van der Waals surface area (Å²) in [6.45, 7) is 7.42. The van der Waals surface area contributed by atoms with Gasteiger partial charge in [-0.3, -0.25) is 0 Å². The lowest BCUT2D eigenvalue weighted by Gasteiger charge is -2.43. The van der Waals surface area contributed by atoms with Gasteiger partial charge in [-0.15, -0.1) is 12.3 Å². The molecule has 1 fully saturated rings. The Morgan fingerprint density at radius 2 is 1.61 bits per heavy atom. The summed E-state index contributed by atoms with van der Waals surface area (Å²) in [6.07, 6.45) is 4.04. The Bertz CT molecular complexity index is 851. The van der Waals surface area contributed by atoms with E-state index in [1.165, 1.54) is 17.5 Å². The zero-order valence-corrected chi connectivity index (χ0v) is 21.1. The van der Waals surface area contributed by atoms with E-state index in [1.807, 2.05) is 12.1 Å². The average molecular weight is 469 g/mol. The monoisotopic (exact) mass is 468 g/mol. The maximum absolute atomic E-state index is 10.7. The highest BCUT2D eigenvalue weighted by atomic mass is 28.4. The van der Waals surface area contributed by atoms with Crippen molar-refractivity contribution in [3.63, 3.8) is 0 Å². The zero-order chi connectivity index (χ0) is 23.9. The Hall–Kier alpha value is -1.98. The van der Waals surface area contributed by atoms with E-state index in [0.717, 1.165) is 6.42 Å². The van der Waals surface area contributed by atoms with Gasteiger partial charge in [0, 0.05) is 20.1 Å². The molecule has 1 heterocycles. The zero-order valence-electron chi connectivity index (χ0n) is 20.1. The molecule has 0 radical (unpaired) electrons. The normalized spacial score (nSPS) is 23.4. The molecule has 1 N–H and O–H groups in total. The minimum absolute atomic E-state index is 0.156. The van der Waals surface area contributed by atoms with Crippen molar-refractivity contribution >= 4 is 18.7 Å². The summed E-state index contributed by atoms with van der Waals surface area (Å²) in [5, 5.41) is 13.0. The molecule has 3 rings (SSSR count). The third-order valence-corrected chi connectivity index (χ3v) is 11.2. The van der Waals surface area contributed by atoms with Crippen LogP contribution in [0.25, 0.3) is 0 Å². The van der Waals surface area contributed by atoms with Crippen molar-refractivity contribution in [3.8, 4) is 12.3 Å². The molecule has 5 nitrogen and oxygen atoms in total. The van der Waals surface area contributed by atoms with Crippen LogP contribution in [0.15, 0.2) is 60.7 Å². The van der Waals surface area contributed by atoms with Gasteiger partial charge in [0.1, 0.15) is 18.3 Å². The van der Waals surface area contributed by atoms with Gasteiger partial charge in [-0.05, 0) is 21.8 Å². The first-order chi connectivity index (χ1) is 15.8. The molecule has 1 saturated heterocycles. The minimum Gasteiger partial charge on any atom is -0.405 e. The van der Waals surface area contributed by atoms with Crippen LogP contribution in [-0.2, 0) is 18.6 Å². The topological polar surface area (TPSA) is 57.2 Å². The summed E-state index contributed by atoms with van der Waals surface area (Å²) >= 11 is 0. The van der Waals surface area contributed by atoms with Gasteiger partial charge in [-0.2, -0.15) is 0 Å². The van der Waals surface area contributed by atoms with Crippen LogP contribution in [0.3, 0.4) is 0 Å². The number of aliphatic hydroxyl groups is 1. The first-order valence-corrected chi connectivity index (χ1v) is 13.4. The van der Waals surface area contributed by atoms with Crippen LogP contribution >= 0.6 is 0 Å². The molecule has 2 aromatic carbocycles. The summed E-state index contributed by atoms with van der Waals surface area (Å²) in [6, 6.07) is 20.9. The summed E-state index contributed by atoms with van der Waals surface area (Å²) in [5.74, 6) is 2.62. The van der Waals surface area contributed by atoms with Crippen LogP contribution in [0.4, 0.5) is 0 Å². The second-order valence-electron chi connectivity index (χ2n) is 9.39. The van der Waals surface area contributed by atoms with Crippen molar-refractivity contribution in [2.75, 3.05) is 20.3 Å². The van der Waals surface area contributed by atoms with E-state index in [9.17, 15) is 5.11 Å².